The number of aliphatic hydroxyl groups is 1. The fraction of sp³-hybridized carbons (Fsp3) is 1.00. The van der Waals surface area contributed by atoms with Crippen molar-refractivity contribution in [2.45, 2.75) is 66.5 Å². The molecule has 128 valence electrons. The smallest absolute Gasteiger partial charge is 0.396 e. The Balaban J connectivity index is 4.95. The van der Waals surface area contributed by atoms with E-state index in [1.807, 2.05) is 33.9 Å². The lowest BCUT2D eigenvalue weighted by Crippen LogP contribution is -2.35. The van der Waals surface area contributed by atoms with E-state index in [0.717, 1.165) is 0 Å². The van der Waals surface area contributed by atoms with E-state index in [1.165, 1.54) is 0 Å². The van der Waals surface area contributed by atoms with E-state index >= 15 is 0 Å². The van der Waals surface area contributed by atoms with Crippen LogP contribution in [-0.4, -0.2) is 39.8 Å². The second-order valence-electron chi connectivity index (χ2n) is 6.12. The Bertz CT molecular complexity index is 321. The van der Waals surface area contributed by atoms with Crippen molar-refractivity contribution < 1.29 is 27.7 Å². The maximum atomic E-state index is 12.5. The van der Waals surface area contributed by atoms with Crippen LogP contribution in [0.5, 0.6) is 0 Å². The number of aliphatic hydroxyl groups excluding tert-OH is 1. The molecule has 0 radical (unpaired) electrons. The van der Waals surface area contributed by atoms with Gasteiger partial charge in [0, 0.05) is 6.42 Å². The Morgan fingerprint density at radius 1 is 1.14 bits per heavy atom. The summed E-state index contributed by atoms with van der Waals surface area (Å²) in [5.41, 5.74) is -0.341. The van der Waals surface area contributed by atoms with E-state index < -0.39 is 29.3 Å². The molecule has 0 aromatic heterocycles. The molecule has 0 aliphatic heterocycles. The van der Waals surface area contributed by atoms with Crippen molar-refractivity contribution in [2.24, 2.45) is 5.41 Å². The zero-order valence-electron chi connectivity index (χ0n) is 14.3. The number of hydrogen-bond donors (Lipinski definition) is 1. The lowest BCUT2D eigenvalue weighted by atomic mass is 9.87. The van der Waals surface area contributed by atoms with Crippen LogP contribution in [-0.2, 0) is 22.6 Å². The van der Waals surface area contributed by atoms with Crippen LogP contribution in [0.25, 0.3) is 0 Å². The molecular formula is C13H31O6PSi. The Labute approximate surface area is 130 Å². The van der Waals surface area contributed by atoms with Crippen LogP contribution >= 0.6 is 7.82 Å². The van der Waals surface area contributed by atoms with Gasteiger partial charge in [-0.1, -0.05) is 20.8 Å². The van der Waals surface area contributed by atoms with Gasteiger partial charge in [-0.05, 0) is 32.4 Å². The molecule has 0 fully saturated rings. The summed E-state index contributed by atoms with van der Waals surface area (Å²) in [6, 6.07) is 0. The predicted octanol–water partition coefficient (Wildman–Crippen LogP) is 3.31. The first-order valence-corrected chi connectivity index (χ1v) is 11.7. The summed E-state index contributed by atoms with van der Waals surface area (Å²) < 4.78 is 33.9. The zero-order valence-corrected chi connectivity index (χ0v) is 16.3. The fourth-order valence-electron chi connectivity index (χ4n) is 1.68. The Kier molecular flexibility index (Phi) is 9.51. The number of hydrogen-bond acceptors (Lipinski definition) is 6. The monoisotopic (exact) mass is 342 g/mol. The third-order valence-electron chi connectivity index (χ3n) is 2.64. The van der Waals surface area contributed by atoms with Gasteiger partial charge in [0.25, 0.3) is 0 Å². The normalized spacial score (nSPS) is 16.2. The second kappa shape index (κ2) is 9.40. The highest BCUT2D eigenvalue weighted by Crippen LogP contribution is 2.52. The molecule has 0 spiro atoms. The van der Waals surface area contributed by atoms with E-state index in [1.54, 1.807) is 13.8 Å². The van der Waals surface area contributed by atoms with E-state index in [4.69, 9.17) is 18.0 Å². The van der Waals surface area contributed by atoms with Crippen molar-refractivity contribution in [1.82, 2.24) is 0 Å². The van der Waals surface area contributed by atoms with Crippen LogP contribution in [0.4, 0.5) is 0 Å². The van der Waals surface area contributed by atoms with Gasteiger partial charge < -0.3 is 9.53 Å². The average molecular weight is 342 g/mol. The Morgan fingerprint density at radius 2 is 1.62 bits per heavy atom. The van der Waals surface area contributed by atoms with Crippen LogP contribution in [0.2, 0.25) is 13.1 Å². The molecule has 0 rings (SSSR count). The van der Waals surface area contributed by atoms with Crippen molar-refractivity contribution in [3.8, 4) is 0 Å². The summed E-state index contributed by atoms with van der Waals surface area (Å²) in [5, 5.41) is 9.97. The van der Waals surface area contributed by atoms with Crippen molar-refractivity contribution in [1.29, 1.82) is 0 Å². The summed E-state index contributed by atoms with van der Waals surface area (Å²) in [6.07, 6.45) is -1.22. The largest absolute Gasteiger partial charge is 0.475 e. The summed E-state index contributed by atoms with van der Waals surface area (Å²) in [6.45, 7) is 13.7. The van der Waals surface area contributed by atoms with Gasteiger partial charge in [0.15, 0.2) is 9.04 Å². The van der Waals surface area contributed by atoms with Gasteiger partial charge in [0.1, 0.15) is 6.29 Å². The predicted molar refractivity (Wildman–Crippen MR) is 85.8 cm³/mol. The standard InChI is InChI=1S/C13H31O6PSi/c1-8-16-20(15,17-9-2)18-11(13(3,4)5)10-12(14)19-21(6)7/h11-12,14,21H,8-10H2,1-7H3. The Morgan fingerprint density at radius 3 is 1.95 bits per heavy atom. The van der Waals surface area contributed by atoms with E-state index in [-0.39, 0.29) is 25.0 Å². The van der Waals surface area contributed by atoms with E-state index in [2.05, 4.69) is 0 Å². The molecule has 6 nitrogen and oxygen atoms in total. The highest BCUT2D eigenvalue weighted by Gasteiger charge is 2.37. The highest BCUT2D eigenvalue weighted by molar-refractivity contribution is 7.48. The summed E-state index contributed by atoms with van der Waals surface area (Å²) >= 11 is 0. The molecule has 0 aliphatic carbocycles. The van der Waals surface area contributed by atoms with Gasteiger partial charge in [-0.15, -0.1) is 0 Å². The number of rotatable bonds is 10. The van der Waals surface area contributed by atoms with Crippen molar-refractivity contribution >= 4 is 16.9 Å². The zero-order chi connectivity index (χ0) is 16.7. The van der Waals surface area contributed by atoms with E-state index in [0.29, 0.717) is 0 Å². The molecular weight excluding hydrogens is 311 g/mol. The summed E-state index contributed by atoms with van der Waals surface area (Å²) in [4.78, 5) is 0. The van der Waals surface area contributed by atoms with Gasteiger partial charge in [-0.2, -0.15) is 0 Å². The third-order valence-corrected chi connectivity index (χ3v) is 5.16. The van der Waals surface area contributed by atoms with Gasteiger partial charge in [0.2, 0.25) is 0 Å². The van der Waals surface area contributed by atoms with Crippen LogP contribution in [0.3, 0.4) is 0 Å². The second-order valence-corrected chi connectivity index (χ2v) is 10.1. The van der Waals surface area contributed by atoms with Gasteiger partial charge in [-0.25, -0.2) is 4.57 Å². The van der Waals surface area contributed by atoms with Crippen LogP contribution in [0.15, 0.2) is 0 Å². The van der Waals surface area contributed by atoms with Crippen LogP contribution < -0.4 is 0 Å². The van der Waals surface area contributed by atoms with Crippen LogP contribution in [0.1, 0.15) is 41.0 Å². The lowest BCUT2D eigenvalue weighted by molar-refractivity contribution is -0.0745. The molecule has 8 heteroatoms. The molecule has 0 amide bonds. The number of phosphoric acid groups is 1. The summed E-state index contributed by atoms with van der Waals surface area (Å²) in [5.74, 6) is 0. The third kappa shape index (κ3) is 9.08. The van der Waals surface area contributed by atoms with Crippen LogP contribution in [0, 0.1) is 5.41 Å². The first-order valence-electron chi connectivity index (χ1n) is 7.45. The molecule has 0 saturated carbocycles. The number of phosphoric ester groups is 1. The van der Waals surface area contributed by atoms with E-state index in [9.17, 15) is 9.67 Å². The molecule has 0 aromatic rings. The SMILES string of the molecule is CCOP(=O)(OCC)OC(CC(O)O[SiH](C)C)C(C)(C)C. The molecule has 21 heavy (non-hydrogen) atoms. The minimum atomic E-state index is -3.62. The quantitative estimate of drug-likeness (QED) is 0.373. The van der Waals surface area contributed by atoms with Crippen molar-refractivity contribution in [2.75, 3.05) is 13.2 Å². The molecule has 0 bridgehead atoms. The first-order chi connectivity index (χ1) is 9.54. The van der Waals surface area contributed by atoms with Gasteiger partial charge in [-0.3, -0.25) is 13.6 Å². The van der Waals surface area contributed by atoms with Crippen molar-refractivity contribution in [3.05, 3.63) is 0 Å². The highest BCUT2D eigenvalue weighted by atomic mass is 31.2. The van der Waals surface area contributed by atoms with Crippen molar-refractivity contribution in [3.63, 3.8) is 0 Å². The molecule has 0 saturated heterocycles. The van der Waals surface area contributed by atoms with Gasteiger partial charge in [0.05, 0.1) is 19.3 Å². The molecule has 0 aromatic carbocycles. The minimum Gasteiger partial charge on any atom is -0.396 e. The lowest BCUT2D eigenvalue weighted by Gasteiger charge is -2.34. The molecule has 2 unspecified atom stereocenters. The maximum absolute atomic E-state index is 12.5. The molecule has 2 atom stereocenters. The average Bonchev–Trinajstić information content (AvgIpc) is 2.26. The van der Waals surface area contributed by atoms with Gasteiger partial charge >= 0.3 is 7.82 Å². The minimum absolute atomic E-state index is 0.221. The maximum Gasteiger partial charge on any atom is 0.475 e. The molecule has 0 heterocycles. The topological polar surface area (TPSA) is 74.2 Å². The molecule has 1 N–H and O–H groups in total. The fourth-order valence-corrected chi connectivity index (χ4v) is 3.96. The Hall–Kier alpha value is 0.247. The summed E-state index contributed by atoms with van der Waals surface area (Å²) in [7, 11) is -4.98. The first kappa shape index (κ1) is 21.2. The molecule has 0 aliphatic rings.